The molecule has 26 heavy (non-hydrogen) atoms. The number of halogens is 1. The number of carbonyl (C=O) groups is 3. The van der Waals surface area contributed by atoms with E-state index in [4.69, 9.17) is 16.0 Å². The maximum atomic E-state index is 12.6. The number of anilines is 1. The molecule has 8 heteroatoms. The van der Waals surface area contributed by atoms with Crippen LogP contribution >= 0.6 is 11.6 Å². The average molecular weight is 376 g/mol. The molecule has 1 aliphatic heterocycles. The molecule has 0 atom stereocenters. The summed E-state index contributed by atoms with van der Waals surface area (Å²) in [6.07, 6.45) is 1.51. The molecule has 1 aliphatic rings. The van der Waals surface area contributed by atoms with Gasteiger partial charge in [0, 0.05) is 17.6 Å². The van der Waals surface area contributed by atoms with Crippen molar-refractivity contribution in [3.63, 3.8) is 0 Å². The van der Waals surface area contributed by atoms with Gasteiger partial charge in [0.1, 0.15) is 25.5 Å². The smallest absolute Gasteiger partial charge is 0.248 e. The van der Waals surface area contributed by atoms with E-state index < -0.39 is 0 Å². The lowest BCUT2D eigenvalue weighted by Crippen LogP contribution is -2.41. The van der Waals surface area contributed by atoms with E-state index in [-0.39, 0.29) is 44.0 Å². The summed E-state index contributed by atoms with van der Waals surface area (Å²) in [5, 5.41) is 0.573. The predicted octanol–water partition coefficient (Wildman–Crippen LogP) is 2.11. The van der Waals surface area contributed by atoms with Crippen molar-refractivity contribution in [1.29, 1.82) is 0 Å². The SMILES string of the molecule is CC(=O)N(CC(=O)N1CC(=O)N(c2ccc(Cl)cc2)C1)Cc1ccco1. The van der Waals surface area contributed by atoms with Crippen molar-refractivity contribution in [2.45, 2.75) is 13.5 Å². The number of amides is 3. The largest absolute Gasteiger partial charge is 0.467 e. The Morgan fingerprint density at radius 1 is 1.23 bits per heavy atom. The summed E-state index contributed by atoms with van der Waals surface area (Å²) >= 11 is 5.87. The highest BCUT2D eigenvalue weighted by Gasteiger charge is 2.32. The molecule has 3 amide bonds. The number of nitrogens with zero attached hydrogens (tertiary/aromatic N) is 3. The fourth-order valence-electron chi connectivity index (χ4n) is 2.69. The molecule has 7 nitrogen and oxygen atoms in total. The lowest BCUT2D eigenvalue weighted by atomic mass is 10.3. The number of carbonyl (C=O) groups excluding carboxylic acids is 3. The molecular formula is C18H18ClN3O4. The van der Waals surface area contributed by atoms with Crippen molar-refractivity contribution >= 4 is 35.0 Å². The Hall–Kier alpha value is -2.80. The Bertz CT molecular complexity index is 804. The second-order valence-corrected chi connectivity index (χ2v) is 6.42. The molecule has 1 aromatic carbocycles. The molecule has 0 bridgehead atoms. The highest BCUT2D eigenvalue weighted by Crippen LogP contribution is 2.22. The van der Waals surface area contributed by atoms with Crippen molar-refractivity contribution in [2.24, 2.45) is 0 Å². The van der Waals surface area contributed by atoms with E-state index in [1.165, 1.54) is 27.9 Å². The van der Waals surface area contributed by atoms with E-state index >= 15 is 0 Å². The normalized spacial score (nSPS) is 14.0. The minimum Gasteiger partial charge on any atom is -0.467 e. The summed E-state index contributed by atoms with van der Waals surface area (Å²) in [6, 6.07) is 10.3. The van der Waals surface area contributed by atoms with Crippen molar-refractivity contribution < 1.29 is 18.8 Å². The zero-order chi connectivity index (χ0) is 18.7. The van der Waals surface area contributed by atoms with Gasteiger partial charge in [-0.15, -0.1) is 0 Å². The quantitative estimate of drug-likeness (QED) is 0.802. The third kappa shape index (κ3) is 4.05. The van der Waals surface area contributed by atoms with E-state index in [0.717, 1.165) is 0 Å². The molecule has 2 heterocycles. The second-order valence-electron chi connectivity index (χ2n) is 5.99. The minimum absolute atomic E-state index is 0.0199. The van der Waals surface area contributed by atoms with Gasteiger partial charge in [0.05, 0.1) is 12.8 Å². The first-order valence-corrected chi connectivity index (χ1v) is 8.43. The summed E-state index contributed by atoms with van der Waals surface area (Å²) in [7, 11) is 0. The van der Waals surface area contributed by atoms with Gasteiger partial charge in [-0.1, -0.05) is 11.6 Å². The van der Waals surface area contributed by atoms with Crippen LogP contribution in [0.15, 0.2) is 47.1 Å². The number of hydrogen-bond acceptors (Lipinski definition) is 4. The maximum absolute atomic E-state index is 12.6. The van der Waals surface area contributed by atoms with Crippen LogP contribution in [-0.2, 0) is 20.9 Å². The Balaban J connectivity index is 1.65. The topological polar surface area (TPSA) is 74.1 Å². The van der Waals surface area contributed by atoms with E-state index in [9.17, 15) is 14.4 Å². The van der Waals surface area contributed by atoms with Gasteiger partial charge >= 0.3 is 0 Å². The van der Waals surface area contributed by atoms with Crippen molar-refractivity contribution in [1.82, 2.24) is 9.80 Å². The van der Waals surface area contributed by atoms with Crippen LogP contribution in [0.1, 0.15) is 12.7 Å². The van der Waals surface area contributed by atoms with Crippen LogP contribution in [-0.4, -0.2) is 47.3 Å². The molecule has 0 spiro atoms. The number of benzene rings is 1. The molecule has 0 N–H and O–H groups in total. The van der Waals surface area contributed by atoms with E-state index in [0.29, 0.717) is 16.5 Å². The van der Waals surface area contributed by atoms with Crippen LogP contribution in [0.4, 0.5) is 5.69 Å². The molecule has 0 unspecified atom stereocenters. The van der Waals surface area contributed by atoms with E-state index in [1.807, 2.05) is 0 Å². The second kappa shape index (κ2) is 7.61. The van der Waals surface area contributed by atoms with Gasteiger partial charge in [-0.25, -0.2) is 0 Å². The van der Waals surface area contributed by atoms with Gasteiger partial charge in [-0.05, 0) is 36.4 Å². The summed E-state index contributed by atoms with van der Waals surface area (Å²) in [6.45, 7) is 1.61. The third-order valence-corrected chi connectivity index (χ3v) is 4.38. The summed E-state index contributed by atoms with van der Waals surface area (Å²) in [5.74, 6) is -0.124. The zero-order valence-corrected chi connectivity index (χ0v) is 15.0. The highest BCUT2D eigenvalue weighted by atomic mass is 35.5. The minimum atomic E-state index is -0.295. The fraction of sp³-hybridized carbons (Fsp3) is 0.278. The first-order valence-electron chi connectivity index (χ1n) is 8.05. The standard InChI is InChI=1S/C18H18ClN3O4/c1-13(23)20(9-16-3-2-8-26-16)10-17(24)21-11-18(25)22(12-21)15-6-4-14(19)5-7-15/h2-8H,9-12H2,1H3. The van der Waals surface area contributed by atoms with Crippen molar-refractivity contribution in [2.75, 3.05) is 24.7 Å². The molecule has 1 fully saturated rings. The Labute approximate surface area is 155 Å². The Morgan fingerprint density at radius 3 is 2.58 bits per heavy atom. The molecule has 136 valence electrons. The Morgan fingerprint density at radius 2 is 1.96 bits per heavy atom. The lowest BCUT2D eigenvalue weighted by molar-refractivity contribution is -0.139. The van der Waals surface area contributed by atoms with Crippen molar-refractivity contribution in [3.8, 4) is 0 Å². The van der Waals surface area contributed by atoms with Gasteiger partial charge in [-0.2, -0.15) is 0 Å². The summed E-state index contributed by atoms with van der Waals surface area (Å²) in [5.41, 5.74) is 0.675. The van der Waals surface area contributed by atoms with E-state index in [2.05, 4.69) is 0 Å². The number of hydrogen-bond donors (Lipinski definition) is 0. The lowest BCUT2D eigenvalue weighted by Gasteiger charge is -2.23. The van der Waals surface area contributed by atoms with E-state index in [1.54, 1.807) is 36.4 Å². The van der Waals surface area contributed by atoms with Crippen LogP contribution in [0.25, 0.3) is 0 Å². The third-order valence-electron chi connectivity index (χ3n) is 4.13. The number of rotatable bonds is 5. The fourth-order valence-corrected chi connectivity index (χ4v) is 2.82. The Kier molecular flexibility index (Phi) is 5.27. The molecule has 1 aromatic heterocycles. The molecule has 0 aliphatic carbocycles. The van der Waals surface area contributed by atoms with Crippen LogP contribution in [0.2, 0.25) is 5.02 Å². The van der Waals surface area contributed by atoms with Crippen LogP contribution in [0.5, 0.6) is 0 Å². The van der Waals surface area contributed by atoms with Gasteiger partial charge in [0.25, 0.3) is 0 Å². The van der Waals surface area contributed by atoms with Crippen LogP contribution < -0.4 is 4.90 Å². The first-order chi connectivity index (χ1) is 12.4. The summed E-state index contributed by atoms with van der Waals surface area (Å²) < 4.78 is 5.23. The zero-order valence-electron chi connectivity index (χ0n) is 14.2. The molecule has 1 saturated heterocycles. The highest BCUT2D eigenvalue weighted by molar-refractivity contribution is 6.30. The molecule has 3 rings (SSSR count). The molecule has 0 saturated carbocycles. The predicted molar refractivity (Wildman–Crippen MR) is 95.3 cm³/mol. The van der Waals surface area contributed by atoms with Crippen LogP contribution in [0, 0.1) is 0 Å². The van der Waals surface area contributed by atoms with Gasteiger partial charge in [0.2, 0.25) is 17.7 Å². The van der Waals surface area contributed by atoms with Gasteiger partial charge < -0.3 is 14.2 Å². The first kappa shape index (κ1) is 18.0. The maximum Gasteiger partial charge on any atom is 0.248 e. The molecule has 2 aromatic rings. The number of furan rings is 1. The van der Waals surface area contributed by atoms with Gasteiger partial charge in [0.15, 0.2) is 0 Å². The van der Waals surface area contributed by atoms with Gasteiger partial charge in [-0.3, -0.25) is 19.3 Å². The van der Waals surface area contributed by atoms with Crippen LogP contribution in [0.3, 0.4) is 0 Å². The summed E-state index contributed by atoms with van der Waals surface area (Å²) in [4.78, 5) is 41.0. The molecular weight excluding hydrogens is 358 g/mol. The average Bonchev–Trinajstić information content (AvgIpc) is 3.24. The van der Waals surface area contributed by atoms with Crippen molar-refractivity contribution in [3.05, 3.63) is 53.4 Å². The monoisotopic (exact) mass is 375 g/mol. The molecule has 0 radical (unpaired) electrons.